The second kappa shape index (κ2) is 29.3. The first-order valence-electron chi connectivity index (χ1n) is 19.1. The molecule has 0 aliphatic carbocycles. The fourth-order valence-corrected chi connectivity index (χ4v) is 5.81. The smallest absolute Gasteiger partial charge is 0.356 e. The zero-order valence-corrected chi connectivity index (χ0v) is 30.0. The summed E-state index contributed by atoms with van der Waals surface area (Å²) in [6.07, 6.45) is 28.2. The number of carbonyl (C=O) groups excluding carboxylic acids is 4. The Balaban J connectivity index is 4.35. The van der Waals surface area contributed by atoms with E-state index < -0.39 is 47.9 Å². The van der Waals surface area contributed by atoms with E-state index in [-0.39, 0.29) is 12.8 Å². The molecule has 9 nitrogen and oxygen atoms in total. The molecule has 0 saturated heterocycles. The number of carbonyl (C=O) groups is 4. The Bertz CT molecular complexity index is 764. The molecule has 0 heterocycles. The van der Waals surface area contributed by atoms with E-state index in [0.717, 1.165) is 38.5 Å². The van der Waals surface area contributed by atoms with Gasteiger partial charge in [0.2, 0.25) is 11.2 Å². The molecule has 0 rings (SSSR count). The second-order valence-corrected chi connectivity index (χ2v) is 13.5. The molecule has 0 amide bonds. The van der Waals surface area contributed by atoms with Crippen molar-refractivity contribution in [1.29, 1.82) is 0 Å². The minimum absolute atomic E-state index is 0.208. The standard InChI is InChI=1S/C38H70O9/c1-3-5-7-9-11-13-15-17-19-21-23-25-27-29-33(41)37(45,31-39)35(43)47-36(44)38(46,32-40)34(42)30-28-26-24-22-20-18-16-14-12-10-8-6-4-2/h39-40,45-46H,3-32H2,1-2H3. The van der Waals surface area contributed by atoms with Gasteiger partial charge in [-0.2, -0.15) is 0 Å². The number of esters is 2. The highest BCUT2D eigenvalue weighted by atomic mass is 16.6. The molecule has 0 bridgehead atoms. The highest BCUT2D eigenvalue weighted by Crippen LogP contribution is 2.20. The first kappa shape index (κ1) is 45.3. The molecule has 47 heavy (non-hydrogen) atoms. The minimum atomic E-state index is -3.00. The summed E-state index contributed by atoms with van der Waals surface area (Å²) in [5, 5.41) is 40.4. The van der Waals surface area contributed by atoms with Crippen LogP contribution >= 0.6 is 0 Å². The van der Waals surface area contributed by atoms with Crippen molar-refractivity contribution in [3.8, 4) is 0 Å². The van der Waals surface area contributed by atoms with Gasteiger partial charge in [0.15, 0.2) is 11.6 Å². The Morgan fingerprint density at radius 1 is 0.404 bits per heavy atom. The van der Waals surface area contributed by atoms with E-state index in [0.29, 0.717) is 25.7 Å². The maximum Gasteiger partial charge on any atom is 0.356 e. The van der Waals surface area contributed by atoms with Gasteiger partial charge in [-0.3, -0.25) is 9.59 Å². The quantitative estimate of drug-likeness (QED) is 0.0307. The summed E-state index contributed by atoms with van der Waals surface area (Å²) in [6.45, 7) is 1.79. The fraction of sp³-hybridized carbons (Fsp3) is 0.895. The van der Waals surface area contributed by atoms with Gasteiger partial charge < -0.3 is 25.2 Å². The molecule has 0 saturated carbocycles. The first-order chi connectivity index (χ1) is 22.6. The van der Waals surface area contributed by atoms with Gasteiger partial charge in [-0.1, -0.05) is 168 Å². The summed E-state index contributed by atoms with van der Waals surface area (Å²) >= 11 is 0. The van der Waals surface area contributed by atoms with Gasteiger partial charge in [0.05, 0.1) is 13.2 Å². The topological polar surface area (TPSA) is 158 Å². The minimum Gasteiger partial charge on any atom is -0.392 e. The molecule has 4 N–H and O–H groups in total. The Morgan fingerprint density at radius 2 is 0.617 bits per heavy atom. The molecule has 0 fully saturated rings. The van der Waals surface area contributed by atoms with Crippen LogP contribution in [0.2, 0.25) is 0 Å². The van der Waals surface area contributed by atoms with Gasteiger partial charge in [0.1, 0.15) is 0 Å². The molecule has 276 valence electrons. The number of ether oxygens (including phenoxy) is 1. The number of hydrogen-bond donors (Lipinski definition) is 4. The van der Waals surface area contributed by atoms with E-state index in [1.54, 1.807) is 0 Å². The lowest BCUT2D eigenvalue weighted by Gasteiger charge is -2.25. The summed E-state index contributed by atoms with van der Waals surface area (Å²) in [4.78, 5) is 50.4. The van der Waals surface area contributed by atoms with Crippen molar-refractivity contribution in [1.82, 2.24) is 0 Å². The molecule has 0 aromatic heterocycles. The van der Waals surface area contributed by atoms with Crippen molar-refractivity contribution in [3.05, 3.63) is 0 Å². The average molecular weight is 671 g/mol. The summed E-state index contributed by atoms with van der Waals surface area (Å²) < 4.78 is 4.50. The van der Waals surface area contributed by atoms with Crippen molar-refractivity contribution in [3.63, 3.8) is 0 Å². The SMILES string of the molecule is CCCCCCCCCCCCCCCC(=O)C(O)(CO)C(=O)OC(=O)C(O)(CO)C(=O)CCCCCCCCCCCCCCC. The third kappa shape index (κ3) is 20.4. The van der Waals surface area contributed by atoms with Crippen LogP contribution in [0.3, 0.4) is 0 Å². The highest BCUT2D eigenvalue weighted by Gasteiger charge is 2.50. The van der Waals surface area contributed by atoms with Crippen LogP contribution in [0.15, 0.2) is 0 Å². The van der Waals surface area contributed by atoms with Crippen molar-refractivity contribution >= 4 is 23.5 Å². The lowest BCUT2D eigenvalue weighted by molar-refractivity contribution is -0.190. The van der Waals surface area contributed by atoms with Gasteiger partial charge in [-0.15, -0.1) is 0 Å². The van der Waals surface area contributed by atoms with Crippen LogP contribution in [0.5, 0.6) is 0 Å². The van der Waals surface area contributed by atoms with Crippen LogP contribution in [0.25, 0.3) is 0 Å². The maximum absolute atomic E-state index is 12.6. The van der Waals surface area contributed by atoms with E-state index in [1.165, 1.54) is 103 Å². The van der Waals surface area contributed by atoms with Crippen LogP contribution in [0.1, 0.15) is 194 Å². The van der Waals surface area contributed by atoms with Crippen molar-refractivity contribution in [2.45, 2.75) is 205 Å². The largest absolute Gasteiger partial charge is 0.392 e. The Labute approximate surface area is 285 Å². The summed E-state index contributed by atoms with van der Waals surface area (Å²) in [7, 11) is 0. The molecule has 2 unspecified atom stereocenters. The fourth-order valence-electron chi connectivity index (χ4n) is 5.81. The zero-order chi connectivity index (χ0) is 35.2. The summed E-state index contributed by atoms with van der Waals surface area (Å²) in [5.74, 6) is -5.56. The van der Waals surface area contributed by atoms with E-state index in [9.17, 15) is 39.6 Å². The van der Waals surface area contributed by atoms with E-state index in [2.05, 4.69) is 18.6 Å². The second-order valence-electron chi connectivity index (χ2n) is 13.5. The number of aliphatic hydroxyl groups excluding tert-OH is 2. The molecule has 2 atom stereocenters. The Hall–Kier alpha value is -1.68. The molecule has 0 aliphatic rings. The summed E-state index contributed by atoms with van der Waals surface area (Å²) in [6, 6.07) is 0. The average Bonchev–Trinajstić information content (AvgIpc) is 3.07. The number of rotatable bonds is 34. The van der Waals surface area contributed by atoms with Crippen LogP contribution in [-0.4, -0.2) is 68.3 Å². The van der Waals surface area contributed by atoms with E-state index >= 15 is 0 Å². The number of hydrogen-bond acceptors (Lipinski definition) is 9. The van der Waals surface area contributed by atoms with Crippen LogP contribution in [0, 0.1) is 0 Å². The molecular weight excluding hydrogens is 600 g/mol. The predicted octanol–water partition coefficient (Wildman–Crippen LogP) is 7.60. The first-order valence-corrected chi connectivity index (χ1v) is 19.1. The lowest BCUT2D eigenvalue weighted by atomic mass is 9.93. The van der Waals surface area contributed by atoms with Gasteiger partial charge in [-0.05, 0) is 12.8 Å². The van der Waals surface area contributed by atoms with Crippen LogP contribution < -0.4 is 0 Å². The van der Waals surface area contributed by atoms with Crippen molar-refractivity contribution in [2.75, 3.05) is 13.2 Å². The number of aliphatic hydroxyl groups is 4. The monoisotopic (exact) mass is 671 g/mol. The number of unbranched alkanes of at least 4 members (excludes halogenated alkanes) is 24. The molecule has 9 heteroatoms. The highest BCUT2D eigenvalue weighted by molar-refractivity contribution is 6.14. The van der Waals surface area contributed by atoms with Gasteiger partial charge in [-0.25, -0.2) is 9.59 Å². The molecule has 0 spiro atoms. The molecule has 0 aromatic rings. The van der Waals surface area contributed by atoms with Gasteiger partial charge >= 0.3 is 11.9 Å². The molecule has 0 radical (unpaired) electrons. The molecule has 0 aromatic carbocycles. The molecule has 0 aliphatic heterocycles. The number of ketones is 2. The van der Waals surface area contributed by atoms with Crippen LogP contribution in [-0.2, 0) is 23.9 Å². The predicted molar refractivity (Wildman–Crippen MR) is 186 cm³/mol. The van der Waals surface area contributed by atoms with Gasteiger partial charge in [0.25, 0.3) is 0 Å². The third-order valence-electron chi connectivity index (χ3n) is 9.26. The summed E-state index contributed by atoms with van der Waals surface area (Å²) in [5.41, 5.74) is -6.00. The normalized spacial score (nSPS) is 14.0. The third-order valence-corrected chi connectivity index (χ3v) is 9.26. The number of Topliss-reactive ketones (excluding diaryl/α,β-unsaturated/α-hetero) is 2. The Morgan fingerprint density at radius 3 is 0.830 bits per heavy atom. The molecular formula is C38H70O9. The van der Waals surface area contributed by atoms with Crippen LogP contribution in [0.4, 0.5) is 0 Å². The Kier molecular flexibility index (Phi) is 28.2. The van der Waals surface area contributed by atoms with Crippen molar-refractivity contribution < 1.29 is 44.3 Å². The van der Waals surface area contributed by atoms with Gasteiger partial charge in [0, 0.05) is 12.8 Å². The van der Waals surface area contributed by atoms with E-state index in [1.807, 2.05) is 0 Å². The van der Waals surface area contributed by atoms with E-state index in [4.69, 9.17) is 0 Å². The lowest BCUT2D eigenvalue weighted by Crippen LogP contribution is -2.56. The zero-order valence-electron chi connectivity index (χ0n) is 30.0. The maximum atomic E-state index is 12.6. The van der Waals surface area contributed by atoms with Crippen molar-refractivity contribution in [2.24, 2.45) is 0 Å².